The van der Waals surface area contributed by atoms with Crippen LogP contribution in [0.3, 0.4) is 0 Å². The summed E-state index contributed by atoms with van der Waals surface area (Å²) in [6.45, 7) is 3.33. The second-order valence-electron chi connectivity index (χ2n) is 9.17. The van der Waals surface area contributed by atoms with Gasteiger partial charge in [-0.2, -0.15) is 16.2 Å². The summed E-state index contributed by atoms with van der Waals surface area (Å²) in [5, 5.41) is 0. The number of halogens is 2. The van der Waals surface area contributed by atoms with Gasteiger partial charge < -0.3 is 14.4 Å². The molecule has 1 aliphatic rings. The van der Waals surface area contributed by atoms with Crippen LogP contribution >= 0.6 is 19.6 Å². The third-order valence-corrected chi connectivity index (χ3v) is 7.62. The Hall–Kier alpha value is -1.08. The van der Waals surface area contributed by atoms with E-state index in [2.05, 4.69) is 6.92 Å². The molecule has 1 aromatic rings. The van der Waals surface area contributed by atoms with Crippen LogP contribution in [0.1, 0.15) is 71.4 Å². The summed E-state index contributed by atoms with van der Waals surface area (Å²) >= 11 is 1.51. The molecular weight excluding hydrogens is 533 g/mol. The molecular formula is C23H39F2N2O8PS. The lowest BCUT2D eigenvalue weighted by Crippen LogP contribution is -2.34. The molecule has 0 amide bonds. The molecule has 214 valence electrons. The van der Waals surface area contributed by atoms with Crippen LogP contribution in [0.25, 0.3) is 0 Å². The minimum atomic E-state index is -4.56. The highest BCUT2D eigenvalue weighted by Gasteiger charge is 2.39. The number of thioether (sulfide) groups is 1. The SMILES string of the molecule is CCCCCCCCC(C)O[C@H](COP(=O)(O)OCC1OC(n2cc(F)c(=O)[nH]c2=O)CC1F)CSC. The molecule has 1 aromatic heterocycles. The molecule has 14 heteroatoms. The summed E-state index contributed by atoms with van der Waals surface area (Å²) in [4.78, 5) is 34.9. The Labute approximate surface area is 220 Å². The monoisotopic (exact) mass is 572 g/mol. The fourth-order valence-corrected chi connectivity index (χ4v) is 5.30. The number of rotatable bonds is 18. The van der Waals surface area contributed by atoms with Crippen LogP contribution in [-0.4, -0.2) is 64.2 Å². The number of alkyl halides is 1. The van der Waals surface area contributed by atoms with E-state index in [0.29, 0.717) is 11.9 Å². The number of aromatic amines is 1. The van der Waals surface area contributed by atoms with E-state index in [4.69, 9.17) is 18.5 Å². The maximum absolute atomic E-state index is 14.4. The lowest BCUT2D eigenvalue weighted by molar-refractivity contribution is -0.0441. The Balaban J connectivity index is 1.79. The number of phosphoric acid groups is 1. The fraction of sp³-hybridized carbons (Fsp3) is 0.826. The van der Waals surface area contributed by atoms with Crippen molar-refractivity contribution in [1.29, 1.82) is 0 Å². The summed E-state index contributed by atoms with van der Waals surface area (Å²) in [7, 11) is -4.56. The first-order valence-corrected chi connectivity index (χ1v) is 15.5. The van der Waals surface area contributed by atoms with Crippen LogP contribution in [0.4, 0.5) is 8.78 Å². The topological polar surface area (TPSA) is 129 Å². The second kappa shape index (κ2) is 16.1. The molecule has 0 radical (unpaired) electrons. The number of hydrogen-bond acceptors (Lipinski definition) is 8. The zero-order valence-corrected chi connectivity index (χ0v) is 23.3. The Morgan fingerprint density at radius 3 is 2.68 bits per heavy atom. The van der Waals surface area contributed by atoms with Crippen molar-refractivity contribution >= 4 is 19.6 Å². The lowest BCUT2D eigenvalue weighted by Gasteiger charge is -2.23. The minimum absolute atomic E-state index is 0.0387. The van der Waals surface area contributed by atoms with Crippen molar-refractivity contribution in [3.8, 4) is 0 Å². The molecule has 37 heavy (non-hydrogen) atoms. The lowest BCUT2D eigenvalue weighted by atomic mass is 10.1. The summed E-state index contributed by atoms with van der Waals surface area (Å²) in [6.07, 6.45) is 5.48. The third kappa shape index (κ3) is 11.3. The highest BCUT2D eigenvalue weighted by atomic mass is 32.2. The molecule has 6 atom stereocenters. The van der Waals surface area contributed by atoms with Gasteiger partial charge in [-0.15, -0.1) is 0 Å². The van der Waals surface area contributed by atoms with Gasteiger partial charge in [0.15, 0.2) is 0 Å². The molecule has 0 saturated carbocycles. The van der Waals surface area contributed by atoms with Gasteiger partial charge in [0.2, 0.25) is 5.82 Å². The maximum Gasteiger partial charge on any atom is 0.472 e. The number of nitrogens with zero attached hydrogens (tertiary/aromatic N) is 1. The van der Waals surface area contributed by atoms with Crippen molar-refractivity contribution in [1.82, 2.24) is 9.55 Å². The average molecular weight is 573 g/mol. The standard InChI is InChI=1S/C23H39F2N2O8PS/c1-4-5-6-7-8-9-10-16(2)34-17(15-37-3)13-32-36(30,31)33-14-20-18(24)11-21(35-20)27-12-19(25)22(28)26-23(27)29/h12,16-18,20-21H,4-11,13-15H2,1-3H3,(H,30,31)(H,26,28,29)/t16?,17-,18?,20?,21?/m1/s1. The first-order valence-electron chi connectivity index (χ1n) is 12.6. The number of phosphoric ester groups is 1. The van der Waals surface area contributed by atoms with Gasteiger partial charge in [-0.05, 0) is 19.6 Å². The molecule has 5 unspecified atom stereocenters. The van der Waals surface area contributed by atoms with Gasteiger partial charge in [0.1, 0.15) is 18.5 Å². The minimum Gasteiger partial charge on any atom is -0.372 e. The van der Waals surface area contributed by atoms with E-state index in [-0.39, 0.29) is 19.1 Å². The third-order valence-electron chi connectivity index (χ3n) is 5.96. The molecule has 2 heterocycles. The molecule has 2 rings (SSSR count). The van der Waals surface area contributed by atoms with Crippen molar-refractivity contribution in [3.05, 3.63) is 32.9 Å². The number of hydrogen-bond donors (Lipinski definition) is 2. The fourth-order valence-electron chi connectivity index (χ4n) is 3.99. The van der Waals surface area contributed by atoms with E-state index in [1.807, 2.05) is 13.2 Å². The quantitative estimate of drug-likeness (QED) is 0.195. The van der Waals surface area contributed by atoms with Gasteiger partial charge in [-0.3, -0.25) is 23.4 Å². The Bertz CT molecular complexity index is 981. The van der Waals surface area contributed by atoms with Crippen molar-refractivity contribution in [2.24, 2.45) is 0 Å². The van der Waals surface area contributed by atoms with E-state index >= 15 is 0 Å². The van der Waals surface area contributed by atoms with Crippen LogP contribution in [0.15, 0.2) is 15.8 Å². The van der Waals surface area contributed by atoms with E-state index in [1.165, 1.54) is 37.4 Å². The summed E-state index contributed by atoms with van der Waals surface area (Å²) in [5.74, 6) is -0.680. The zero-order chi connectivity index (χ0) is 27.4. The van der Waals surface area contributed by atoms with Crippen LogP contribution in [-0.2, 0) is 23.1 Å². The Kier molecular flexibility index (Phi) is 14.0. The molecule has 1 fully saturated rings. The number of ether oxygens (including phenoxy) is 2. The van der Waals surface area contributed by atoms with E-state index in [1.54, 1.807) is 4.98 Å². The summed E-state index contributed by atoms with van der Waals surface area (Å²) in [5.41, 5.74) is -2.17. The molecule has 0 aliphatic carbocycles. The molecule has 0 aromatic carbocycles. The van der Waals surface area contributed by atoms with Crippen molar-refractivity contribution in [3.63, 3.8) is 0 Å². The number of unbranched alkanes of at least 4 members (excludes halogenated alkanes) is 5. The molecule has 2 N–H and O–H groups in total. The molecule has 1 aliphatic heterocycles. The maximum atomic E-state index is 14.4. The van der Waals surface area contributed by atoms with Crippen LogP contribution in [0.2, 0.25) is 0 Å². The summed E-state index contributed by atoms with van der Waals surface area (Å²) in [6, 6.07) is 0. The normalized spacial score (nSPS) is 23.1. The zero-order valence-electron chi connectivity index (χ0n) is 21.6. The molecule has 1 saturated heterocycles. The number of aromatic nitrogens is 2. The molecule has 10 nitrogen and oxygen atoms in total. The Morgan fingerprint density at radius 1 is 1.27 bits per heavy atom. The number of H-pyrrole nitrogens is 1. The van der Waals surface area contributed by atoms with Crippen LogP contribution in [0.5, 0.6) is 0 Å². The van der Waals surface area contributed by atoms with Crippen LogP contribution < -0.4 is 11.2 Å². The van der Waals surface area contributed by atoms with Gasteiger partial charge in [-0.25, -0.2) is 13.8 Å². The van der Waals surface area contributed by atoms with Gasteiger partial charge in [0, 0.05) is 12.2 Å². The van der Waals surface area contributed by atoms with Gasteiger partial charge in [0.05, 0.1) is 31.6 Å². The smallest absolute Gasteiger partial charge is 0.372 e. The summed E-state index contributed by atoms with van der Waals surface area (Å²) < 4.78 is 62.5. The molecule has 0 spiro atoms. The largest absolute Gasteiger partial charge is 0.472 e. The first kappa shape index (κ1) is 32.1. The number of nitrogens with one attached hydrogen (secondary N) is 1. The van der Waals surface area contributed by atoms with Crippen LogP contribution in [0, 0.1) is 5.82 Å². The van der Waals surface area contributed by atoms with E-state index < -0.39 is 56.1 Å². The van der Waals surface area contributed by atoms with Crippen molar-refractivity contribution < 1.29 is 36.8 Å². The average Bonchev–Trinajstić information content (AvgIpc) is 3.21. The van der Waals surface area contributed by atoms with Crippen molar-refractivity contribution in [2.45, 2.75) is 95.9 Å². The predicted molar refractivity (Wildman–Crippen MR) is 137 cm³/mol. The van der Waals surface area contributed by atoms with Crippen molar-refractivity contribution in [2.75, 3.05) is 25.2 Å². The van der Waals surface area contributed by atoms with E-state index in [9.17, 15) is 27.8 Å². The highest BCUT2D eigenvalue weighted by molar-refractivity contribution is 7.98. The van der Waals surface area contributed by atoms with Gasteiger partial charge in [-0.1, -0.05) is 45.4 Å². The Morgan fingerprint density at radius 2 is 1.97 bits per heavy atom. The van der Waals surface area contributed by atoms with Gasteiger partial charge in [0.25, 0.3) is 5.56 Å². The predicted octanol–water partition coefficient (Wildman–Crippen LogP) is 4.32. The van der Waals surface area contributed by atoms with E-state index in [0.717, 1.165) is 23.8 Å². The molecule has 0 bridgehead atoms. The first-order chi connectivity index (χ1) is 17.6. The highest BCUT2D eigenvalue weighted by Crippen LogP contribution is 2.45. The second-order valence-corrected chi connectivity index (χ2v) is 11.5. The van der Waals surface area contributed by atoms with Gasteiger partial charge >= 0.3 is 13.5 Å².